The molecule has 138 valence electrons. The van der Waals surface area contributed by atoms with Gasteiger partial charge < -0.3 is 5.32 Å². The van der Waals surface area contributed by atoms with E-state index in [4.69, 9.17) is 0 Å². The molecule has 0 fully saturated rings. The Kier molecular flexibility index (Phi) is 6.65. The number of rotatable bonds is 7. The van der Waals surface area contributed by atoms with Gasteiger partial charge in [-0.1, -0.05) is 44.2 Å². The van der Waals surface area contributed by atoms with Crippen LogP contribution in [0.25, 0.3) is 0 Å². The lowest BCUT2D eigenvalue weighted by molar-refractivity contribution is -0.121. The monoisotopic (exact) mass is 369 g/mol. The van der Waals surface area contributed by atoms with Crippen molar-refractivity contribution in [2.75, 3.05) is 11.6 Å². The second-order valence-corrected chi connectivity index (χ2v) is 8.31. The van der Waals surface area contributed by atoms with Gasteiger partial charge >= 0.3 is 0 Å². The lowest BCUT2D eigenvalue weighted by Crippen LogP contribution is -2.38. The fraction of sp³-hybridized carbons (Fsp3) is 0.364. The number of benzene rings is 2. The van der Waals surface area contributed by atoms with Crippen molar-refractivity contribution in [1.82, 2.24) is 0 Å². The number of hydrogen-bond donors (Lipinski definition) is 1. The lowest BCUT2D eigenvalue weighted by atomic mass is 9.83. The molecule has 4 heteroatoms. The van der Waals surface area contributed by atoms with E-state index in [1.54, 1.807) is 25.6 Å². The molecule has 0 radical (unpaired) electrons. The van der Waals surface area contributed by atoms with Crippen molar-refractivity contribution in [3.8, 4) is 0 Å². The van der Waals surface area contributed by atoms with Crippen LogP contribution >= 0.6 is 11.8 Å². The molecule has 0 aromatic heterocycles. The maximum Gasteiger partial charge on any atom is 0.237 e. The summed E-state index contributed by atoms with van der Waals surface area (Å²) in [6.07, 6.45) is 2.96. The number of thioether (sulfide) groups is 1. The van der Waals surface area contributed by atoms with Crippen molar-refractivity contribution in [2.45, 2.75) is 39.0 Å². The fourth-order valence-electron chi connectivity index (χ4n) is 2.72. The highest BCUT2D eigenvalue weighted by molar-refractivity contribution is 7.98. The van der Waals surface area contributed by atoms with Gasteiger partial charge in [0.25, 0.3) is 0 Å². The normalized spacial score (nSPS) is 11.5. The fourth-order valence-corrected chi connectivity index (χ4v) is 3.18. The molecule has 0 atom stereocenters. The van der Waals surface area contributed by atoms with Crippen molar-refractivity contribution < 1.29 is 9.59 Å². The highest BCUT2D eigenvalue weighted by Gasteiger charge is 2.36. The molecule has 0 spiro atoms. The Balaban J connectivity index is 2.14. The van der Waals surface area contributed by atoms with E-state index in [1.165, 1.54) is 5.56 Å². The Morgan fingerprint density at radius 2 is 1.73 bits per heavy atom. The topological polar surface area (TPSA) is 46.2 Å². The first kappa shape index (κ1) is 20.2. The van der Waals surface area contributed by atoms with Gasteiger partial charge in [-0.3, -0.25) is 9.59 Å². The summed E-state index contributed by atoms with van der Waals surface area (Å²) >= 11 is 1.61. The summed E-state index contributed by atoms with van der Waals surface area (Å²) in [6, 6.07) is 15.2. The molecule has 2 aromatic carbocycles. The predicted molar refractivity (Wildman–Crippen MR) is 110 cm³/mol. The SMILES string of the molecule is CSc1cccc(NC(=O)C(C)(C)C(=O)c2ccc(CC(C)C)cc2)c1. The second-order valence-electron chi connectivity index (χ2n) is 7.44. The summed E-state index contributed by atoms with van der Waals surface area (Å²) in [4.78, 5) is 26.7. The standard InChI is InChI=1S/C22H27NO2S/c1-15(2)13-16-9-11-17(12-10-16)20(24)22(3,4)21(25)23-18-7-6-8-19(14-18)26-5/h6-12,14-15H,13H2,1-5H3,(H,23,25). The van der Waals surface area contributed by atoms with Gasteiger partial charge in [-0.15, -0.1) is 11.8 Å². The smallest absolute Gasteiger partial charge is 0.237 e. The number of hydrogen-bond acceptors (Lipinski definition) is 3. The van der Waals surface area contributed by atoms with Crippen molar-refractivity contribution in [1.29, 1.82) is 0 Å². The third kappa shape index (κ3) is 4.98. The summed E-state index contributed by atoms with van der Waals surface area (Å²) in [6.45, 7) is 7.67. The molecule has 0 heterocycles. The van der Waals surface area contributed by atoms with Gasteiger partial charge in [0.1, 0.15) is 5.41 Å². The van der Waals surface area contributed by atoms with Crippen LogP contribution in [-0.4, -0.2) is 17.9 Å². The summed E-state index contributed by atoms with van der Waals surface area (Å²) in [7, 11) is 0. The molecule has 2 rings (SSSR count). The minimum atomic E-state index is -1.14. The van der Waals surface area contributed by atoms with Crippen LogP contribution in [0, 0.1) is 11.3 Å². The summed E-state index contributed by atoms with van der Waals surface area (Å²) in [5.41, 5.74) is 1.33. The molecule has 0 aliphatic rings. The molecule has 0 saturated carbocycles. The Morgan fingerprint density at radius 1 is 1.08 bits per heavy atom. The average Bonchev–Trinajstić information content (AvgIpc) is 2.61. The van der Waals surface area contributed by atoms with Gasteiger partial charge in [0, 0.05) is 16.1 Å². The number of Topliss-reactive ketones (excluding diaryl/α,β-unsaturated/α-hetero) is 1. The van der Waals surface area contributed by atoms with Crippen LogP contribution in [0.15, 0.2) is 53.4 Å². The van der Waals surface area contributed by atoms with Crippen LogP contribution < -0.4 is 5.32 Å². The molecule has 3 nitrogen and oxygen atoms in total. The van der Waals surface area contributed by atoms with Gasteiger partial charge in [0.15, 0.2) is 5.78 Å². The minimum absolute atomic E-state index is 0.174. The minimum Gasteiger partial charge on any atom is -0.325 e. The zero-order chi connectivity index (χ0) is 19.3. The highest BCUT2D eigenvalue weighted by atomic mass is 32.2. The second kappa shape index (κ2) is 8.54. The van der Waals surface area contributed by atoms with Gasteiger partial charge in [-0.25, -0.2) is 0 Å². The first-order valence-electron chi connectivity index (χ1n) is 8.83. The highest BCUT2D eigenvalue weighted by Crippen LogP contribution is 2.26. The third-order valence-corrected chi connectivity index (χ3v) is 5.05. The Morgan fingerprint density at radius 3 is 2.31 bits per heavy atom. The quantitative estimate of drug-likeness (QED) is 0.401. The number of carbonyl (C=O) groups is 2. The van der Waals surface area contributed by atoms with E-state index in [0.717, 1.165) is 11.3 Å². The summed E-state index contributed by atoms with van der Waals surface area (Å²) < 4.78 is 0. The molecule has 1 N–H and O–H groups in total. The van der Waals surface area contributed by atoms with Crippen LogP contribution in [0.1, 0.15) is 43.6 Å². The van der Waals surface area contributed by atoms with Gasteiger partial charge in [-0.05, 0) is 56.2 Å². The molecule has 1 amide bonds. The average molecular weight is 370 g/mol. The number of amides is 1. The van der Waals surface area contributed by atoms with Gasteiger partial charge in [-0.2, -0.15) is 0 Å². The van der Waals surface area contributed by atoms with Crippen molar-refractivity contribution in [3.05, 3.63) is 59.7 Å². The number of ketones is 1. The molecule has 0 bridgehead atoms. The zero-order valence-corrected chi connectivity index (χ0v) is 16.9. The Bertz CT molecular complexity index is 779. The van der Waals surface area contributed by atoms with E-state index in [9.17, 15) is 9.59 Å². The van der Waals surface area contributed by atoms with Crippen LogP contribution in [0.3, 0.4) is 0 Å². The predicted octanol–water partition coefficient (Wildman–Crippen LogP) is 5.45. The number of nitrogens with one attached hydrogen (secondary N) is 1. The van der Waals surface area contributed by atoms with E-state index >= 15 is 0 Å². The van der Waals surface area contributed by atoms with Crippen LogP contribution in [0.5, 0.6) is 0 Å². The third-order valence-electron chi connectivity index (χ3n) is 4.32. The van der Waals surface area contributed by atoms with Crippen molar-refractivity contribution in [2.24, 2.45) is 11.3 Å². The van der Waals surface area contributed by atoms with Crippen LogP contribution in [0.4, 0.5) is 5.69 Å². The lowest BCUT2D eigenvalue weighted by Gasteiger charge is -2.22. The molecular formula is C22H27NO2S. The molecule has 0 aliphatic heterocycles. The van der Waals surface area contributed by atoms with Crippen molar-refractivity contribution >= 4 is 29.1 Å². The Hall–Kier alpha value is -2.07. The van der Waals surface area contributed by atoms with Gasteiger partial charge in [0.2, 0.25) is 5.91 Å². The van der Waals surface area contributed by atoms with Crippen LogP contribution in [-0.2, 0) is 11.2 Å². The molecule has 26 heavy (non-hydrogen) atoms. The van der Waals surface area contributed by atoms with Crippen LogP contribution in [0.2, 0.25) is 0 Å². The largest absolute Gasteiger partial charge is 0.325 e. The molecule has 0 unspecified atom stereocenters. The van der Waals surface area contributed by atoms with E-state index < -0.39 is 5.41 Å². The molecule has 2 aromatic rings. The van der Waals surface area contributed by atoms with E-state index in [2.05, 4.69) is 19.2 Å². The van der Waals surface area contributed by atoms with E-state index in [1.807, 2.05) is 54.8 Å². The van der Waals surface area contributed by atoms with E-state index in [0.29, 0.717) is 17.2 Å². The maximum absolute atomic E-state index is 12.9. The first-order chi connectivity index (χ1) is 12.2. The van der Waals surface area contributed by atoms with Gasteiger partial charge in [0.05, 0.1) is 0 Å². The maximum atomic E-state index is 12.9. The first-order valence-corrected chi connectivity index (χ1v) is 10.1. The molecular weight excluding hydrogens is 342 g/mol. The molecule has 0 aliphatic carbocycles. The molecule has 0 saturated heterocycles. The number of anilines is 1. The number of carbonyl (C=O) groups excluding carboxylic acids is 2. The van der Waals surface area contributed by atoms with E-state index in [-0.39, 0.29) is 11.7 Å². The summed E-state index contributed by atoms with van der Waals surface area (Å²) in [5.74, 6) is 0.0925. The summed E-state index contributed by atoms with van der Waals surface area (Å²) in [5, 5.41) is 2.87. The van der Waals surface area contributed by atoms with Crippen molar-refractivity contribution in [3.63, 3.8) is 0 Å². The zero-order valence-electron chi connectivity index (χ0n) is 16.1. The Labute approximate surface area is 160 Å².